The second kappa shape index (κ2) is 4.57. The van der Waals surface area contributed by atoms with Crippen LogP contribution in [0.4, 0.5) is 13.2 Å². The molecule has 1 saturated carbocycles. The van der Waals surface area contributed by atoms with Crippen LogP contribution in [0.1, 0.15) is 44.6 Å². The van der Waals surface area contributed by atoms with E-state index in [-0.39, 0.29) is 22.9 Å². The number of hydrogen-bond donors (Lipinski definition) is 1. The molecule has 1 aliphatic rings. The summed E-state index contributed by atoms with van der Waals surface area (Å²) in [7, 11) is 0. The van der Waals surface area contributed by atoms with Crippen LogP contribution in [0.2, 0.25) is 0 Å². The van der Waals surface area contributed by atoms with Crippen LogP contribution < -0.4 is 5.73 Å². The molecule has 1 nitrogen and oxygen atoms in total. The van der Waals surface area contributed by atoms with Crippen LogP contribution in [0.25, 0.3) is 0 Å². The van der Waals surface area contributed by atoms with Crippen molar-refractivity contribution < 1.29 is 13.2 Å². The molecule has 2 atom stereocenters. The van der Waals surface area contributed by atoms with Crippen LogP contribution in [0.5, 0.6) is 0 Å². The third-order valence-electron chi connectivity index (χ3n) is 3.91. The van der Waals surface area contributed by atoms with Crippen LogP contribution in [-0.4, -0.2) is 6.04 Å². The van der Waals surface area contributed by atoms with Crippen LogP contribution in [0, 0.1) is 22.9 Å². The van der Waals surface area contributed by atoms with E-state index >= 15 is 0 Å². The first-order valence-electron chi connectivity index (χ1n) is 6.21. The molecule has 1 aliphatic carbocycles. The largest absolute Gasteiger partial charge is 0.327 e. The van der Waals surface area contributed by atoms with Gasteiger partial charge in [0.2, 0.25) is 0 Å². The predicted molar refractivity (Wildman–Crippen MR) is 64.7 cm³/mol. The van der Waals surface area contributed by atoms with Crippen molar-refractivity contribution in [2.24, 2.45) is 11.1 Å². The van der Waals surface area contributed by atoms with E-state index in [4.69, 9.17) is 5.73 Å². The Morgan fingerprint density at radius 1 is 1.17 bits per heavy atom. The lowest BCUT2D eigenvalue weighted by Gasteiger charge is -2.39. The molecular formula is C14H18F3N. The first-order valence-corrected chi connectivity index (χ1v) is 6.21. The van der Waals surface area contributed by atoms with Gasteiger partial charge in [-0.1, -0.05) is 19.9 Å². The highest BCUT2D eigenvalue weighted by molar-refractivity contribution is 5.26. The van der Waals surface area contributed by atoms with Gasteiger partial charge in [0.1, 0.15) is 0 Å². The minimum atomic E-state index is -1.40. The third-order valence-corrected chi connectivity index (χ3v) is 3.91. The Kier molecular flexibility index (Phi) is 3.41. The second-order valence-corrected chi connectivity index (χ2v) is 5.94. The van der Waals surface area contributed by atoms with Gasteiger partial charge < -0.3 is 5.73 Å². The molecule has 2 unspecified atom stereocenters. The summed E-state index contributed by atoms with van der Waals surface area (Å²) in [5.41, 5.74) is 6.26. The molecule has 0 amide bonds. The maximum atomic E-state index is 13.8. The third kappa shape index (κ3) is 2.39. The van der Waals surface area contributed by atoms with Crippen LogP contribution >= 0.6 is 0 Å². The van der Waals surface area contributed by atoms with Crippen LogP contribution in [0.3, 0.4) is 0 Å². The Morgan fingerprint density at radius 2 is 1.83 bits per heavy atom. The molecule has 1 fully saturated rings. The molecule has 0 radical (unpaired) electrons. The fraction of sp³-hybridized carbons (Fsp3) is 0.571. The maximum absolute atomic E-state index is 13.8. The summed E-state index contributed by atoms with van der Waals surface area (Å²) in [6, 6.07) is 2.10. The highest BCUT2D eigenvalue weighted by Gasteiger charge is 2.35. The molecule has 0 aliphatic heterocycles. The van der Waals surface area contributed by atoms with Crippen molar-refractivity contribution >= 4 is 0 Å². The van der Waals surface area contributed by atoms with Crippen molar-refractivity contribution in [2.75, 3.05) is 0 Å². The number of nitrogens with two attached hydrogens (primary N) is 1. The van der Waals surface area contributed by atoms with Gasteiger partial charge in [-0.2, -0.15) is 0 Å². The zero-order valence-corrected chi connectivity index (χ0v) is 10.6. The lowest BCUT2D eigenvalue weighted by Crippen LogP contribution is -2.38. The van der Waals surface area contributed by atoms with E-state index in [2.05, 4.69) is 13.8 Å². The molecule has 4 heteroatoms. The van der Waals surface area contributed by atoms with Gasteiger partial charge in [0, 0.05) is 12.0 Å². The van der Waals surface area contributed by atoms with Gasteiger partial charge in [-0.05, 0) is 36.3 Å². The van der Waals surface area contributed by atoms with E-state index in [9.17, 15) is 13.2 Å². The average Bonchev–Trinajstić information content (AvgIpc) is 2.30. The Bertz CT molecular complexity index is 457. The molecule has 2 rings (SSSR count). The van der Waals surface area contributed by atoms with Crippen molar-refractivity contribution in [3.8, 4) is 0 Å². The molecule has 0 aromatic heterocycles. The first-order chi connectivity index (χ1) is 8.32. The second-order valence-electron chi connectivity index (χ2n) is 5.94. The van der Waals surface area contributed by atoms with Crippen molar-refractivity contribution in [1.29, 1.82) is 0 Å². The highest BCUT2D eigenvalue weighted by atomic mass is 19.2. The fourth-order valence-corrected chi connectivity index (χ4v) is 2.78. The predicted octanol–water partition coefficient (Wildman–Crippen LogP) is 3.72. The van der Waals surface area contributed by atoms with E-state index in [1.807, 2.05) is 0 Å². The normalized spacial score (nSPS) is 27.2. The molecule has 0 heterocycles. The lowest BCUT2D eigenvalue weighted by atomic mass is 9.68. The molecule has 1 aromatic carbocycles. The number of rotatable bonds is 1. The summed E-state index contributed by atoms with van der Waals surface area (Å²) >= 11 is 0. The van der Waals surface area contributed by atoms with E-state index in [0.717, 1.165) is 18.9 Å². The zero-order chi connectivity index (χ0) is 13.5. The minimum absolute atomic E-state index is 0.0534. The molecule has 0 bridgehead atoms. The quantitative estimate of drug-likeness (QED) is 0.762. The van der Waals surface area contributed by atoms with E-state index in [0.29, 0.717) is 6.42 Å². The summed E-state index contributed by atoms with van der Waals surface area (Å²) in [5.74, 6) is -3.89. The van der Waals surface area contributed by atoms with Crippen molar-refractivity contribution in [2.45, 2.75) is 45.1 Å². The summed E-state index contributed by atoms with van der Waals surface area (Å²) < 4.78 is 40.0. The molecular weight excluding hydrogens is 239 g/mol. The first kappa shape index (κ1) is 13.4. The van der Waals surface area contributed by atoms with Gasteiger partial charge in [0.05, 0.1) is 0 Å². The number of halogens is 3. The monoisotopic (exact) mass is 257 g/mol. The van der Waals surface area contributed by atoms with Gasteiger partial charge in [-0.25, -0.2) is 13.2 Å². The molecule has 0 spiro atoms. The Morgan fingerprint density at radius 3 is 2.50 bits per heavy atom. The highest BCUT2D eigenvalue weighted by Crippen LogP contribution is 2.43. The van der Waals surface area contributed by atoms with Crippen LogP contribution in [0.15, 0.2) is 12.1 Å². The van der Waals surface area contributed by atoms with E-state index in [1.165, 1.54) is 6.07 Å². The van der Waals surface area contributed by atoms with Crippen LogP contribution in [-0.2, 0) is 0 Å². The molecule has 0 saturated heterocycles. The summed E-state index contributed by atoms with van der Waals surface area (Å²) in [5, 5.41) is 0. The number of benzene rings is 1. The van der Waals surface area contributed by atoms with E-state index < -0.39 is 17.5 Å². The Hall–Kier alpha value is -1.03. The molecule has 2 N–H and O–H groups in total. The van der Waals surface area contributed by atoms with Crippen molar-refractivity contribution in [3.05, 3.63) is 35.1 Å². The van der Waals surface area contributed by atoms with Crippen molar-refractivity contribution in [3.63, 3.8) is 0 Å². The fourth-order valence-electron chi connectivity index (χ4n) is 2.78. The van der Waals surface area contributed by atoms with Gasteiger partial charge in [0.25, 0.3) is 0 Å². The smallest absolute Gasteiger partial charge is 0.194 e. The summed E-state index contributed by atoms with van der Waals surface area (Å²) in [4.78, 5) is 0. The molecule has 100 valence electrons. The van der Waals surface area contributed by atoms with E-state index in [1.54, 1.807) is 0 Å². The molecule has 1 aromatic rings. The van der Waals surface area contributed by atoms with Gasteiger partial charge in [-0.15, -0.1) is 0 Å². The van der Waals surface area contributed by atoms with Gasteiger partial charge >= 0.3 is 0 Å². The Labute approximate surface area is 105 Å². The maximum Gasteiger partial charge on any atom is 0.194 e. The number of hydrogen-bond acceptors (Lipinski definition) is 1. The summed E-state index contributed by atoms with van der Waals surface area (Å²) in [6.45, 7) is 4.17. The average molecular weight is 257 g/mol. The molecule has 18 heavy (non-hydrogen) atoms. The Balaban J connectivity index is 2.38. The van der Waals surface area contributed by atoms with Gasteiger partial charge in [-0.3, -0.25) is 0 Å². The van der Waals surface area contributed by atoms with Gasteiger partial charge in [0.15, 0.2) is 17.5 Å². The standard InChI is InChI=1S/C14H18F3N/c1-14(2)6-5-11(18)9(7-14)8-3-4-10(15)13(17)12(8)16/h3-4,9,11H,5-7,18H2,1-2H3. The minimum Gasteiger partial charge on any atom is -0.327 e. The lowest BCUT2D eigenvalue weighted by molar-refractivity contribution is 0.195. The zero-order valence-electron chi connectivity index (χ0n) is 10.6. The van der Waals surface area contributed by atoms with Crippen molar-refractivity contribution in [1.82, 2.24) is 0 Å². The SMILES string of the molecule is CC1(C)CCC(N)C(c2ccc(F)c(F)c2F)C1. The summed E-state index contributed by atoms with van der Waals surface area (Å²) in [6.07, 6.45) is 2.43. The topological polar surface area (TPSA) is 26.0 Å².